The van der Waals surface area contributed by atoms with Crippen LogP contribution >= 0.6 is 23.4 Å². The van der Waals surface area contributed by atoms with Gasteiger partial charge >= 0.3 is 5.97 Å². The maximum absolute atomic E-state index is 12.7. The van der Waals surface area contributed by atoms with Gasteiger partial charge in [0.15, 0.2) is 0 Å². The summed E-state index contributed by atoms with van der Waals surface area (Å²) in [5, 5.41) is 8.88. The van der Waals surface area contributed by atoms with Crippen LogP contribution in [0.25, 0.3) is 22.0 Å². The molecule has 6 nitrogen and oxygen atoms in total. The maximum Gasteiger partial charge on any atom is 0.319 e. The molecule has 8 heteroatoms. The molecular weight excluding hydrogens is 482 g/mol. The summed E-state index contributed by atoms with van der Waals surface area (Å²) in [6, 6.07) is 23.0. The number of esters is 1. The Hall–Kier alpha value is -3.42. The Morgan fingerprint density at radius 2 is 1.74 bits per heavy atom. The molecule has 0 bridgehead atoms. The fourth-order valence-electron chi connectivity index (χ4n) is 3.55. The SMILES string of the molecule is C=CCOC(=O)C(CCn1nnc2ccccc2c1=O)SCc1ccc(-c2ccc(Cl)cc2)cc1. The number of halogens is 1. The Bertz CT molecular complexity index is 1370. The molecule has 1 unspecified atom stereocenters. The predicted octanol–water partition coefficient (Wildman–Crippen LogP) is 5.53. The van der Waals surface area contributed by atoms with Crippen LogP contribution in [0.1, 0.15) is 12.0 Å². The zero-order valence-electron chi connectivity index (χ0n) is 19.0. The fraction of sp³-hybridized carbons (Fsp3) is 0.185. The average molecular weight is 506 g/mol. The number of carbonyl (C=O) groups is 1. The minimum Gasteiger partial charge on any atom is -0.461 e. The molecule has 0 radical (unpaired) electrons. The molecule has 0 aliphatic rings. The summed E-state index contributed by atoms with van der Waals surface area (Å²) in [4.78, 5) is 25.4. The molecule has 35 heavy (non-hydrogen) atoms. The highest BCUT2D eigenvalue weighted by Crippen LogP contribution is 2.26. The van der Waals surface area contributed by atoms with Crippen LogP contribution in [-0.2, 0) is 21.8 Å². The number of hydrogen-bond acceptors (Lipinski definition) is 6. The zero-order chi connectivity index (χ0) is 24.6. The van der Waals surface area contributed by atoms with E-state index in [1.807, 2.05) is 54.6 Å². The van der Waals surface area contributed by atoms with Crippen LogP contribution in [0.2, 0.25) is 5.02 Å². The van der Waals surface area contributed by atoms with Crippen molar-refractivity contribution in [2.75, 3.05) is 6.61 Å². The van der Waals surface area contributed by atoms with Crippen LogP contribution in [-0.4, -0.2) is 32.8 Å². The number of fused-ring (bicyclic) bond motifs is 1. The first-order chi connectivity index (χ1) is 17.0. The second-order valence-corrected chi connectivity index (χ2v) is 9.47. The van der Waals surface area contributed by atoms with Gasteiger partial charge in [0, 0.05) is 17.3 Å². The van der Waals surface area contributed by atoms with Gasteiger partial charge in [0.25, 0.3) is 5.56 Å². The number of nitrogens with zero attached hydrogens (tertiary/aromatic N) is 3. The average Bonchev–Trinajstić information content (AvgIpc) is 2.89. The summed E-state index contributed by atoms with van der Waals surface area (Å²) in [6.07, 6.45) is 1.92. The highest BCUT2D eigenvalue weighted by molar-refractivity contribution is 7.99. The highest BCUT2D eigenvalue weighted by Gasteiger charge is 2.21. The van der Waals surface area contributed by atoms with E-state index in [2.05, 4.69) is 16.9 Å². The Kier molecular flexibility index (Phi) is 8.34. The van der Waals surface area contributed by atoms with Crippen LogP contribution in [0.3, 0.4) is 0 Å². The van der Waals surface area contributed by atoms with Gasteiger partial charge in [0.05, 0.1) is 5.39 Å². The standard InChI is InChI=1S/C27H24ClN3O3S/c1-2-17-34-27(33)25(15-16-31-26(32)23-5-3-4-6-24(23)29-30-31)35-18-19-7-9-20(10-8-19)21-11-13-22(28)14-12-21/h2-14,25H,1,15-18H2. The zero-order valence-corrected chi connectivity index (χ0v) is 20.5. The van der Waals surface area contributed by atoms with Crippen molar-refractivity contribution in [2.45, 2.75) is 24.0 Å². The van der Waals surface area contributed by atoms with Crippen LogP contribution in [0.15, 0.2) is 90.2 Å². The number of carbonyl (C=O) groups excluding carboxylic acids is 1. The molecule has 0 amide bonds. The van der Waals surface area contributed by atoms with Crippen LogP contribution in [0.4, 0.5) is 0 Å². The molecule has 3 aromatic carbocycles. The van der Waals surface area contributed by atoms with Crippen molar-refractivity contribution in [2.24, 2.45) is 0 Å². The van der Waals surface area contributed by atoms with Crippen molar-refractivity contribution in [3.63, 3.8) is 0 Å². The molecule has 0 aliphatic carbocycles. The number of benzene rings is 3. The first kappa shape index (κ1) is 24.7. The Morgan fingerprint density at radius 1 is 1.06 bits per heavy atom. The number of hydrogen-bond donors (Lipinski definition) is 0. The second kappa shape index (κ2) is 11.8. The predicted molar refractivity (Wildman–Crippen MR) is 142 cm³/mol. The summed E-state index contributed by atoms with van der Waals surface area (Å²) in [5.74, 6) is 0.280. The fourth-order valence-corrected chi connectivity index (χ4v) is 4.73. The second-order valence-electron chi connectivity index (χ2n) is 7.85. The molecule has 4 aromatic rings. The van der Waals surface area contributed by atoms with Crippen molar-refractivity contribution in [3.05, 3.63) is 106 Å². The molecule has 1 atom stereocenters. The summed E-state index contributed by atoms with van der Waals surface area (Å²) >= 11 is 7.46. The van der Waals surface area contributed by atoms with Gasteiger partial charge in [-0.2, -0.15) is 0 Å². The first-order valence-corrected chi connectivity index (χ1v) is 12.5. The van der Waals surface area contributed by atoms with Crippen LogP contribution in [0, 0.1) is 0 Å². The molecule has 0 fully saturated rings. The number of thioether (sulfide) groups is 1. The van der Waals surface area contributed by atoms with E-state index >= 15 is 0 Å². The highest BCUT2D eigenvalue weighted by atomic mass is 35.5. The number of aromatic nitrogens is 3. The summed E-state index contributed by atoms with van der Waals surface area (Å²) in [6.45, 7) is 4.00. The number of ether oxygens (including phenoxy) is 1. The monoisotopic (exact) mass is 505 g/mol. The van der Waals surface area contributed by atoms with Gasteiger partial charge in [-0.25, -0.2) is 4.68 Å². The lowest BCUT2D eigenvalue weighted by molar-refractivity contribution is -0.141. The van der Waals surface area contributed by atoms with Crippen molar-refractivity contribution in [1.29, 1.82) is 0 Å². The van der Waals surface area contributed by atoms with E-state index < -0.39 is 5.25 Å². The Balaban J connectivity index is 1.43. The lowest BCUT2D eigenvalue weighted by Gasteiger charge is -2.16. The molecule has 0 N–H and O–H groups in total. The molecule has 0 saturated carbocycles. The summed E-state index contributed by atoms with van der Waals surface area (Å²) in [5.41, 5.74) is 3.58. The number of rotatable bonds is 10. The van der Waals surface area contributed by atoms with E-state index in [1.165, 1.54) is 22.5 Å². The van der Waals surface area contributed by atoms with Gasteiger partial charge in [-0.1, -0.05) is 78.0 Å². The van der Waals surface area contributed by atoms with Gasteiger partial charge in [0.1, 0.15) is 17.4 Å². The van der Waals surface area contributed by atoms with Crippen LogP contribution in [0.5, 0.6) is 0 Å². The van der Waals surface area contributed by atoms with Gasteiger partial charge < -0.3 is 4.74 Å². The van der Waals surface area contributed by atoms with Gasteiger partial charge in [-0.15, -0.1) is 16.9 Å². The molecule has 4 rings (SSSR count). The summed E-state index contributed by atoms with van der Waals surface area (Å²) < 4.78 is 6.61. The minimum atomic E-state index is -0.467. The van der Waals surface area contributed by atoms with Gasteiger partial charge in [0.2, 0.25) is 0 Å². The third-order valence-corrected chi connectivity index (χ3v) is 7.00. The van der Waals surface area contributed by atoms with Gasteiger partial charge in [-0.3, -0.25) is 9.59 Å². The van der Waals surface area contributed by atoms with Gasteiger partial charge in [-0.05, 0) is 47.4 Å². The van der Waals surface area contributed by atoms with Crippen LogP contribution < -0.4 is 5.56 Å². The van der Waals surface area contributed by atoms with Crippen molar-refractivity contribution in [1.82, 2.24) is 15.0 Å². The van der Waals surface area contributed by atoms with Crippen molar-refractivity contribution < 1.29 is 9.53 Å². The molecular formula is C27H24ClN3O3S. The van der Waals surface area contributed by atoms with Crippen molar-refractivity contribution in [3.8, 4) is 11.1 Å². The van der Waals surface area contributed by atoms with E-state index in [9.17, 15) is 9.59 Å². The normalized spacial score (nSPS) is 11.8. The maximum atomic E-state index is 12.7. The topological polar surface area (TPSA) is 74.1 Å². The summed E-state index contributed by atoms with van der Waals surface area (Å²) in [7, 11) is 0. The smallest absolute Gasteiger partial charge is 0.319 e. The Morgan fingerprint density at radius 3 is 2.46 bits per heavy atom. The molecule has 0 saturated heterocycles. The molecule has 1 heterocycles. The van der Waals surface area contributed by atoms with E-state index in [1.54, 1.807) is 18.2 Å². The lowest BCUT2D eigenvalue weighted by atomic mass is 10.0. The molecule has 178 valence electrons. The van der Waals surface area contributed by atoms with E-state index in [-0.39, 0.29) is 24.7 Å². The third kappa shape index (κ3) is 6.38. The largest absolute Gasteiger partial charge is 0.461 e. The third-order valence-electron chi connectivity index (χ3n) is 5.42. The Labute approximate surface area is 212 Å². The van der Waals surface area contributed by atoms with E-state index in [0.29, 0.717) is 28.1 Å². The van der Waals surface area contributed by atoms with Crippen molar-refractivity contribution >= 4 is 40.2 Å². The minimum absolute atomic E-state index is 0.140. The molecule has 0 aliphatic heterocycles. The lowest BCUT2D eigenvalue weighted by Crippen LogP contribution is -2.28. The molecule has 0 spiro atoms. The van der Waals surface area contributed by atoms with E-state index in [4.69, 9.17) is 16.3 Å². The number of aryl methyl sites for hydroxylation is 1. The quantitative estimate of drug-likeness (QED) is 0.208. The molecule has 1 aromatic heterocycles. The van der Waals surface area contributed by atoms with E-state index in [0.717, 1.165) is 16.7 Å². The first-order valence-electron chi connectivity index (χ1n) is 11.1.